The summed E-state index contributed by atoms with van der Waals surface area (Å²) in [6, 6.07) is 7.07. The van der Waals surface area contributed by atoms with Crippen LogP contribution in [0.3, 0.4) is 0 Å². The van der Waals surface area contributed by atoms with Crippen LogP contribution >= 0.6 is 0 Å². The Morgan fingerprint density at radius 3 is 2.26 bits per heavy atom. The summed E-state index contributed by atoms with van der Waals surface area (Å²) in [5.74, 6) is 1.50. The van der Waals surface area contributed by atoms with Gasteiger partial charge in [0.1, 0.15) is 11.5 Å². The number of carbonyl (C=O) groups is 1. The number of amides is 2. The fourth-order valence-electron chi connectivity index (χ4n) is 1.42. The zero-order chi connectivity index (χ0) is 13.9. The van der Waals surface area contributed by atoms with E-state index in [9.17, 15) is 4.79 Å². The summed E-state index contributed by atoms with van der Waals surface area (Å²) in [6.07, 6.45) is 2.04. The van der Waals surface area contributed by atoms with Crippen molar-refractivity contribution >= 4 is 6.03 Å². The van der Waals surface area contributed by atoms with Crippen molar-refractivity contribution in [3.63, 3.8) is 0 Å². The van der Waals surface area contributed by atoms with Crippen LogP contribution in [0.4, 0.5) is 4.79 Å². The van der Waals surface area contributed by atoms with Gasteiger partial charge in [-0.15, -0.1) is 0 Å². The van der Waals surface area contributed by atoms with E-state index in [1.54, 1.807) is 0 Å². The Bertz CT molecular complexity index is 365. The van der Waals surface area contributed by atoms with E-state index in [1.807, 2.05) is 31.2 Å². The van der Waals surface area contributed by atoms with Crippen LogP contribution in [0.2, 0.25) is 0 Å². The first-order valence-electron chi connectivity index (χ1n) is 6.63. The molecular formula is C14H22N2O3. The number of rotatable bonds is 8. The van der Waals surface area contributed by atoms with Crippen molar-refractivity contribution in [3.8, 4) is 11.5 Å². The maximum absolute atomic E-state index is 11.3. The summed E-state index contributed by atoms with van der Waals surface area (Å²) in [5.41, 5.74) is 0. The highest BCUT2D eigenvalue weighted by Gasteiger charge is 1.99. The lowest BCUT2D eigenvalue weighted by molar-refractivity contribution is 0.224. The Hall–Kier alpha value is -1.91. The largest absolute Gasteiger partial charge is 0.494 e. The van der Waals surface area contributed by atoms with Crippen molar-refractivity contribution in [1.29, 1.82) is 0 Å². The molecule has 0 aliphatic carbocycles. The Morgan fingerprint density at radius 1 is 1.05 bits per heavy atom. The van der Waals surface area contributed by atoms with Crippen molar-refractivity contribution in [2.24, 2.45) is 0 Å². The smallest absolute Gasteiger partial charge is 0.317 e. The molecule has 2 N–H and O–H groups in total. The number of ether oxygens (including phenoxy) is 2. The third-order valence-corrected chi connectivity index (χ3v) is 2.42. The number of hydrogen-bond acceptors (Lipinski definition) is 3. The Labute approximate surface area is 114 Å². The minimum atomic E-state index is -0.209. The molecule has 1 aromatic rings. The molecule has 106 valence electrons. The van der Waals surface area contributed by atoms with Gasteiger partial charge in [-0.3, -0.25) is 0 Å². The average molecular weight is 266 g/mol. The molecular weight excluding hydrogens is 244 g/mol. The maximum Gasteiger partial charge on any atom is 0.317 e. The summed E-state index contributed by atoms with van der Waals surface area (Å²) < 4.78 is 10.7. The molecule has 5 heteroatoms. The first-order valence-corrected chi connectivity index (χ1v) is 6.63. The number of nitrogens with one attached hydrogen (secondary N) is 2. The van der Waals surface area contributed by atoms with Crippen LogP contribution < -0.4 is 20.1 Å². The maximum atomic E-state index is 11.3. The number of hydrogen-bond donors (Lipinski definition) is 2. The topological polar surface area (TPSA) is 59.6 Å². The molecule has 0 bridgehead atoms. The van der Waals surface area contributed by atoms with Crippen LogP contribution in [0.15, 0.2) is 24.3 Å². The number of urea groups is 1. The van der Waals surface area contributed by atoms with Crippen LogP contribution in [-0.2, 0) is 0 Å². The molecule has 0 heterocycles. The first-order chi connectivity index (χ1) is 9.26. The van der Waals surface area contributed by atoms with Gasteiger partial charge < -0.3 is 20.1 Å². The Morgan fingerprint density at radius 2 is 1.68 bits per heavy atom. The van der Waals surface area contributed by atoms with Gasteiger partial charge in [-0.25, -0.2) is 4.79 Å². The second-order valence-corrected chi connectivity index (χ2v) is 3.98. The summed E-state index contributed by atoms with van der Waals surface area (Å²) in [7, 11) is 0. The third-order valence-electron chi connectivity index (χ3n) is 2.42. The van der Waals surface area contributed by atoms with E-state index in [-0.39, 0.29) is 12.8 Å². The van der Waals surface area contributed by atoms with Gasteiger partial charge >= 0.3 is 6.03 Å². The Kier molecular flexibility index (Phi) is 7.24. The summed E-state index contributed by atoms with van der Waals surface area (Å²) in [4.78, 5) is 11.3. The summed E-state index contributed by atoms with van der Waals surface area (Å²) in [6.45, 7) is 5.48. The lowest BCUT2D eigenvalue weighted by Gasteiger charge is -2.09. The highest BCUT2D eigenvalue weighted by Crippen LogP contribution is 2.16. The van der Waals surface area contributed by atoms with Gasteiger partial charge in [0.25, 0.3) is 0 Å². The van der Waals surface area contributed by atoms with Gasteiger partial charge in [-0.2, -0.15) is 0 Å². The van der Waals surface area contributed by atoms with Gasteiger partial charge in [-0.1, -0.05) is 13.3 Å². The van der Waals surface area contributed by atoms with Gasteiger partial charge in [-0.05, 0) is 37.6 Å². The van der Waals surface area contributed by atoms with Crippen LogP contribution in [-0.4, -0.2) is 25.9 Å². The fourth-order valence-corrected chi connectivity index (χ4v) is 1.42. The van der Waals surface area contributed by atoms with E-state index >= 15 is 0 Å². The molecule has 19 heavy (non-hydrogen) atoms. The lowest BCUT2D eigenvalue weighted by atomic mass is 10.3. The zero-order valence-corrected chi connectivity index (χ0v) is 11.6. The van der Waals surface area contributed by atoms with Crippen molar-refractivity contribution in [2.75, 3.05) is 19.9 Å². The third kappa shape index (κ3) is 6.55. The van der Waals surface area contributed by atoms with Crippen LogP contribution in [0.25, 0.3) is 0 Å². The second kappa shape index (κ2) is 9.08. The van der Waals surface area contributed by atoms with E-state index in [4.69, 9.17) is 9.47 Å². The highest BCUT2D eigenvalue weighted by atomic mass is 16.5. The quantitative estimate of drug-likeness (QED) is 0.561. The van der Waals surface area contributed by atoms with E-state index in [2.05, 4.69) is 17.6 Å². The van der Waals surface area contributed by atoms with Crippen LogP contribution in [0.5, 0.6) is 11.5 Å². The molecule has 0 aliphatic heterocycles. The molecule has 0 saturated heterocycles. The van der Waals surface area contributed by atoms with Gasteiger partial charge in [0.05, 0.1) is 6.61 Å². The fraction of sp³-hybridized carbons (Fsp3) is 0.500. The SMILES string of the molecule is CCCCNC(=O)NCOc1ccc(OCC)cc1. The molecule has 0 atom stereocenters. The average Bonchev–Trinajstić information content (AvgIpc) is 2.41. The number of benzene rings is 1. The van der Waals surface area contributed by atoms with Gasteiger partial charge in [0.15, 0.2) is 6.73 Å². The molecule has 0 fully saturated rings. The van der Waals surface area contributed by atoms with Crippen molar-refractivity contribution in [2.45, 2.75) is 26.7 Å². The highest BCUT2D eigenvalue weighted by molar-refractivity contribution is 5.73. The molecule has 1 aromatic carbocycles. The summed E-state index contributed by atoms with van der Waals surface area (Å²) in [5, 5.41) is 5.37. The van der Waals surface area contributed by atoms with Gasteiger partial charge in [0.2, 0.25) is 0 Å². The molecule has 2 amide bonds. The minimum absolute atomic E-state index is 0.145. The molecule has 5 nitrogen and oxygen atoms in total. The molecule has 0 spiro atoms. The van der Waals surface area contributed by atoms with Crippen molar-refractivity contribution < 1.29 is 14.3 Å². The predicted octanol–water partition coefficient (Wildman–Crippen LogP) is 2.52. The molecule has 0 aliphatic rings. The molecule has 0 radical (unpaired) electrons. The van der Waals surface area contributed by atoms with Crippen LogP contribution in [0.1, 0.15) is 26.7 Å². The summed E-state index contributed by atoms with van der Waals surface area (Å²) >= 11 is 0. The Balaban J connectivity index is 2.19. The number of carbonyl (C=O) groups excluding carboxylic acids is 1. The van der Waals surface area contributed by atoms with E-state index in [1.165, 1.54) is 0 Å². The molecule has 1 rings (SSSR count). The molecule has 0 unspecified atom stereocenters. The predicted molar refractivity (Wildman–Crippen MR) is 74.5 cm³/mol. The minimum Gasteiger partial charge on any atom is -0.494 e. The van der Waals surface area contributed by atoms with Crippen LogP contribution in [0, 0.1) is 0 Å². The zero-order valence-electron chi connectivity index (χ0n) is 11.6. The lowest BCUT2D eigenvalue weighted by Crippen LogP contribution is -2.38. The second-order valence-electron chi connectivity index (χ2n) is 3.98. The first kappa shape index (κ1) is 15.1. The van der Waals surface area contributed by atoms with E-state index < -0.39 is 0 Å². The standard InChI is InChI=1S/C14H22N2O3/c1-3-5-10-15-14(17)16-11-19-13-8-6-12(7-9-13)18-4-2/h6-9H,3-5,10-11H2,1-2H3,(H2,15,16,17). The molecule has 0 aromatic heterocycles. The van der Waals surface area contributed by atoms with Crippen molar-refractivity contribution in [3.05, 3.63) is 24.3 Å². The normalized spacial score (nSPS) is 9.79. The van der Waals surface area contributed by atoms with E-state index in [0.717, 1.165) is 18.6 Å². The van der Waals surface area contributed by atoms with Crippen molar-refractivity contribution in [1.82, 2.24) is 10.6 Å². The molecule has 0 saturated carbocycles. The monoisotopic (exact) mass is 266 g/mol. The van der Waals surface area contributed by atoms with Gasteiger partial charge in [0, 0.05) is 6.54 Å². The van der Waals surface area contributed by atoms with E-state index in [0.29, 0.717) is 18.9 Å². The number of unbranched alkanes of at least 4 members (excludes halogenated alkanes) is 1.